The van der Waals surface area contributed by atoms with Crippen molar-refractivity contribution in [1.82, 2.24) is 4.90 Å². The number of fused-ring (bicyclic) bond motifs is 1. The topological polar surface area (TPSA) is 40.5 Å². The Labute approximate surface area is 165 Å². The summed E-state index contributed by atoms with van der Waals surface area (Å²) >= 11 is 0. The van der Waals surface area contributed by atoms with E-state index in [9.17, 15) is 9.90 Å². The predicted molar refractivity (Wildman–Crippen MR) is 112 cm³/mol. The highest BCUT2D eigenvalue weighted by atomic mass is 16.3. The quantitative estimate of drug-likeness (QED) is 0.341. The summed E-state index contributed by atoms with van der Waals surface area (Å²) in [4.78, 5) is 14.5. The molecular weight excluding hydrogens is 334 g/mol. The molecule has 3 rings (SSSR count). The number of rotatable bonds is 10. The summed E-state index contributed by atoms with van der Waals surface area (Å²) < 4.78 is 0. The zero-order valence-electron chi connectivity index (χ0n) is 17.4. The monoisotopic (exact) mass is 373 g/mol. The third-order valence-corrected chi connectivity index (χ3v) is 7.02. The van der Waals surface area contributed by atoms with Crippen LogP contribution in [0.3, 0.4) is 0 Å². The smallest absolute Gasteiger partial charge is 0.155 e. The van der Waals surface area contributed by atoms with Gasteiger partial charge >= 0.3 is 0 Å². The lowest BCUT2D eigenvalue weighted by molar-refractivity contribution is -0.115. The Morgan fingerprint density at radius 3 is 2.74 bits per heavy atom. The van der Waals surface area contributed by atoms with Crippen LogP contribution in [0.4, 0.5) is 0 Å². The molecular formula is C24H39NO2. The molecule has 3 heteroatoms. The van der Waals surface area contributed by atoms with Gasteiger partial charge in [-0.25, -0.2) is 0 Å². The SMILES string of the molecule is CN(C)CCCCCC1=C[C@H]2C[C@@H](O)[C@H](C=CC(=O)CC3CCCC3)[C@H]2C1. The normalized spacial score (nSPS) is 31.2. The molecule has 0 amide bonds. The van der Waals surface area contributed by atoms with Gasteiger partial charge in [-0.1, -0.05) is 49.8 Å². The summed E-state index contributed by atoms with van der Waals surface area (Å²) in [6.45, 7) is 1.18. The minimum absolute atomic E-state index is 0.171. The molecule has 0 aromatic heterocycles. The van der Waals surface area contributed by atoms with Crippen molar-refractivity contribution in [3.8, 4) is 0 Å². The van der Waals surface area contributed by atoms with E-state index < -0.39 is 0 Å². The van der Waals surface area contributed by atoms with Crippen molar-refractivity contribution in [3.63, 3.8) is 0 Å². The predicted octanol–water partition coefficient (Wildman–Crippen LogP) is 4.76. The summed E-state index contributed by atoms with van der Waals surface area (Å²) in [6.07, 6.45) is 18.8. The van der Waals surface area contributed by atoms with Crippen LogP contribution in [0.15, 0.2) is 23.8 Å². The lowest BCUT2D eigenvalue weighted by Crippen LogP contribution is -2.17. The average molecular weight is 374 g/mol. The second kappa shape index (κ2) is 10.0. The van der Waals surface area contributed by atoms with Crippen LogP contribution in [0.5, 0.6) is 0 Å². The lowest BCUT2D eigenvalue weighted by atomic mass is 9.88. The number of nitrogens with zero attached hydrogens (tertiary/aromatic N) is 1. The fourth-order valence-electron chi connectivity index (χ4n) is 5.53. The molecule has 1 N–H and O–H groups in total. The molecule has 0 spiro atoms. The number of unbranched alkanes of at least 4 members (excludes halogenated alkanes) is 2. The van der Waals surface area contributed by atoms with Crippen LogP contribution in [0.25, 0.3) is 0 Å². The first-order chi connectivity index (χ1) is 13.0. The number of hydrogen-bond donors (Lipinski definition) is 1. The first-order valence-electron chi connectivity index (χ1n) is 11.3. The van der Waals surface area contributed by atoms with Gasteiger partial charge in [-0.15, -0.1) is 0 Å². The van der Waals surface area contributed by atoms with E-state index in [1.165, 1.54) is 57.9 Å². The number of carbonyl (C=O) groups excluding carboxylic acids is 1. The second-order valence-corrected chi connectivity index (χ2v) is 9.53. The molecule has 0 aromatic carbocycles. The Balaban J connectivity index is 1.43. The molecule has 0 heterocycles. The summed E-state index contributed by atoms with van der Waals surface area (Å²) in [7, 11) is 4.27. The molecule has 0 saturated heterocycles. The Bertz CT molecular complexity index is 545. The molecule has 27 heavy (non-hydrogen) atoms. The van der Waals surface area contributed by atoms with Crippen molar-refractivity contribution in [2.45, 2.75) is 76.7 Å². The Morgan fingerprint density at radius 2 is 2.00 bits per heavy atom. The number of carbonyl (C=O) groups is 1. The van der Waals surface area contributed by atoms with Crippen molar-refractivity contribution in [1.29, 1.82) is 0 Å². The van der Waals surface area contributed by atoms with E-state index in [-0.39, 0.29) is 17.8 Å². The number of ketones is 1. The lowest BCUT2D eigenvalue weighted by Gasteiger charge is -2.18. The Kier molecular flexibility index (Phi) is 7.72. The molecule has 152 valence electrons. The number of hydrogen-bond acceptors (Lipinski definition) is 3. The van der Waals surface area contributed by atoms with Gasteiger partial charge in [0, 0.05) is 12.3 Å². The van der Waals surface area contributed by atoms with Gasteiger partial charge in [-0.05, 0) is 76.6 Å². The van der Waals surface area contributed by atoms with Gasteiger partial charge in [0.15, 0.2) is 5.78 Å². The van der Waals surface area contributed by atoms with E-state index in [2.05, 4.69) is 31.1 Å². The van der Waals surface area contributed by atoms with Crippen molar-refractivity contribution in [2.24, 2.45) is 23.7 Å². The third kappa shape index (κ3) is 6.02. The highest BCUT2D eigenvalue weighted by Crippen LogP contribution is 2.48. The maximum Gasteiger partial charge on any atom is 0.155 e. The van der Waals surface area contributed by atoms with Gasteiger partial charge in [0.25, 0.3) is 0 Å². The van der Waals surface area contributed by atoms with E-state index in [0.717, 1.165) is 12.8 Å². The fourth-order valence-corrected chi connectivity index (χ4v) is 5.53. The van der Waals surface area contributed by atoms with Gasteiger partial charge in [-0.2, -0.15) is 0 Å². The van der Waals surface area contributed by atoms with Crippen LogP contribution in [-0.2, 0) is 4.79 Å². The summed E-state index contributed by atoms with van der Waals surface area (Å²) in [5.74, 6) is 2.09. The summed E-state index contributed by atoms with van der Waals surface area (Å²) in [5, 5.41) is 10.5. The largest absolute Gasteiger partial charge is 0.392 e. The van der Waals surface area contributed by atoms with E-state index in [4.69, 9.17) is 0 Å². The van der Waals surface area contributed by atoms with E-state index in [0.29, 0.717) is 24.2 Å². The van der Waals surface area contributed by atoms with Crippen LogP contribution in [-0.4, -0.2) is 42.5 Å². The maximum atomic E-state index is 12.3. The molecule has 0 aliphatic heterocycles. The second-order valence-electron chi connectivity index (χ2n) is 9.53. The molecule has 3 aliphatic rings. The highest BCUT2D eigenvalue weighted by molar-refractivity contribution is 5.89. The van der Waals surface area contributed by atoms with Gasteiger partial charge < -0.3 is 10.0 Å². The Morgan fingerprint density at radius 1 is 1.22 bits per heavy atom. The molecule has 4 atom stereocenters. The fraction of sp³-hybridized carbons (Fsp3) is 0.792. The van der Waals surface area contributed by atoms with E-state index in [1.807, 2.05) is 0 Å². The molecule has 0 bridgehead atoms. The summed E-state index contributed by atoms with van der Waals surface area (Å²) in [5.41, 5.74) is 1.59. The van der Waals surface area contributed by atoms with E-state index in [1.54, 1.807) is 11.6 Å². The van der Waals surface area contributed by atoms with Crippen molar-refractivity contribution in [3.05, 3.63) is 23.8 Å². The van der Waals surface area contributed by atoms with Crippen LogP contribution in [0.1, 0.15) is 70.6 Å². The van der Waals surface area contributed by atoms with Crippen molar-refractivity contribution < 1.29 is 9.90 Å². The molecule has 3 nitrogen and oxygen atoms in total. The van der Waals surface area contributed by atoms with Gasteiger partial charge in [-0.3, -0.25) is 4.79 Å². The molecule has 2 fully saturated rings. The minimum Gasteiger partial charge on any atom is -0.392 e. The maximum absolute atomic E-state index is 12.3. The summed E-state index contributed by atoms with van der Waals surface area (Å²) in [6, 6.07) is 0. The molecule has 0 unspecified atom stereocenters. The minimum atomic E-state index is -0.270. The Hall–Kier alpha value is -0.930. The van der Waals surface area contributed by atoms with Crippen LogP contribution >= 0.6 is 0 Å². The van der Waals surface area contributed by atoms with Crippen LogP contribution in [0.2, 0.25) is 0 Å². The third-order valence-electron chi connectivity index (χ3n) is 7.02. The number of allylic oxidation sites excluding steroid dienone is 3. The van der Waals surface area contributed by atoms with Gasteiger partial charge in [0.1, 0.15) is 0 Å². The molecule has 3 aliphatic carbocycles. The zero-order valence-corrected chi connectivity index (χ0v) is 17.4. The zero-order chi connectivity index (χ0) is 19.2. The average Bonchev–Trinajstić information content (AvgIpc) is 3.30. The highest BCUT2D eigenvalue weighted by Gasteiger charge is 2.43. The molecule has 0 radical (unpaired) electrons. The van der Waals surface area contributed by atoms with Crippen molar-refractivity contribution in [2.75, 3.05) is 20.6 Å². The first-order valence-corrected chi connectivity index (χ1v) is 11.3. The molecule has 2 saturated carbocycles. The van der Waals surface area contributed by atoms with Crippen molar-refractivity contribution >= 4 is 5.78 Å². The van der Waals surface area contributed by atoms with E-state index >= 15 is 0 Å². The van der Waals surface area contributed by atoms with Crippen LogP contribution in [0, 0.1) is 23.7 Å². The molecule has 0 aromatic rings. The standard InChI is InChI=1S/C24H39NO2/c1-25(2)13-7-3-4-10-19-14-20-17-24(27)22(23(20)16-19)12-11-21(26)15-18-8-5-6-9-18/h11-12,14,18,20,22-24,27H,3-10,13,15-17H2,1-2H3/t20-,22+,23-,24+/m0/s1. The first kappa shape index (κ1) is 20.8. The van der Waals surface area contributed by atoms with Gasteiger partial charge in [0.2, 0.25) is 0 Å². The van der Waals surface area contributed by atoms with Gasteiger partial charge in [0.05, 0.1) is 6.10 Å². The van der Waals surface area contributed by atoms with Crippen LogP contribution < -0.4 is 0 Å². The number of aliphatic hydroxyl groups is 1. The number of aliphatic hydroxyl groups excluding tert-OH is 1.